The number of anilines is 1. The van der Waals surface area contributed by atoms with Crippen LogP contribution in [0.1, 0.15) is 33.6 Å². The molecule has 24 heavy (non-hydrogen) atoms. The van der Waals surface area contributed by atoms with E-state index in [2.05, 4.69) is 10.6 Å². The van der Waals surface area contributed by atoms with E-state index in [4.69, 9.17) is 0 Å². The Hall–Kier alpha value is -2.44. The number of urea groups is 1. The molecule has 2 N–H and O–H groups in total. The first-order valence-corrected chi connectivity index (χ1v) is 7.91. The first kappa shape index (κ1) is 17.9. The molecule has 0 radical (unpaired) electrons. The third kappa shape index (κ3) is 4.10. The predicted molar refractivity (Wildman–Crippen MR) is 87.8 cm³/mol. The number of rotatable bonds is 6. The van der Waals surface area contributed by atoms with Gasteiger partial charge >= 0.3 is 6.03 Å². The average molecular weight is 335 g/mol. The Kier molecular flexibility index (Phi) is 5.21. The fourth-order valence-corrected chi connectivity index (χ4v) is 2.55. The second kappa shape index (κ2) is 6.98. The number of carbonyl (C=O) groups is 3. The topological polar surface area (TPSA) is 78.5 Å². The number of amides is 4. The molecule has 1 saturated heterocycles. The molecule has 0 saturated carbocycles. The van der Waals surface area contributed by atoms with Gasteiger partial charge < -0.3 is 10.6 Å². The maximum absolute atomic E-state index is 13.1. The molecule has 1 aliphatic heterocycles. The highest BCUT2D eigenvalue weighted by atomic mass is 19.1. The Morgan fingerprint density at radius 2 is 2.08 bits per heavy atom. The number of hydrogen-bond acceptors (Lipinski definition) is 3. The molecule has 1 aliphatic rings. The largest absolute Gasteiger partial charge is 0.325 e. The summed E-state index contributed by atoms with van der Waals surface area (Å²) in [5, 5.41) is 5.14. The lowest BCUT2D eigenvalue weighted by Gasteiger charge is -2.22. The summed E-state index contributed by atoms with van der Waals surface area (Å²) in [4.78, 5) is 37.5. The Morgan fingerprint density at radius 1 is 1.38 bits per heavy atom. The SMILES string of the molecule is CC(C)CC[C@]1(C)NC(=O)N(CC(=O)Nc2cccc(F)c2)C1=O. The summed E-state index contributed by atoms with van der Waals surface area (Å²) in [6.45, 7) is 5.34. The lowest BCUT2D eigenvalue weighted by atomic mass is 9.92. The number of benzene rings is 1. The van der Waals surface area contributed by atoms with Crippen LogP contribution in [-0.2, 0) is 9.59 Å². The van der Waals surface area contributed by atoms with E-state index in [-0.39, 0.29) is 5.69 Å². The molecule has 4 amide bonds. The fourth-order valence-electron chi connectivity index (χ4n) is 2.55. The molecule has 0 aliphatic carbocycles. The molecule has 0 unspecified atom stereocenters. The molecule has 1 aromatic carbocycles. The number of halogens is 1. The van der Waals surface area contributed by atoms with E-state index < -0.39 is 35.7 Å². The van der Waals surface area contributed by atoms with Gasteiger partial charge in [0.1, 0.15) is 17.9 Å². The maximum atomic E-state index is 13.1. The van der Waals surface area contributed by atoms with E-state index >= 15 is 0 Å². The van der Waals surface area contributed by atoms with Crippen LogP contribution in [0.4, 0.5) is 14.9 Å². The smallest absolute Gasteiger partial charge is 0.324 e. The van der Waals surface area contributed by atoms with Gasteiger partial charge in [0.25, 0.3) is 5.91 Å². The zero-order valence-electron chi connectivity index (χ0n) is 14.1. The zero-order chi connectivity index (χ0) is 17.9. The minimum absolute atomic E-state index is 0.273. The van der Waals surface area contributed by atoms with Crippen molar-refractivity contribution in [3.8, 4) is 0 Å². The van der Waals surface area contributed by atoms with Crippen LogP contribution >= 0.6 is 0 Å². The Morgan fingerprint density at radius 3 is 2.71 bits per heavy atom. The second-order valence-electron chi connectivity index (χ2n) is 6.64. The highest BCUT2D eigenvalue weighted by Crippen LogP contribution is 2.24. The summed E-state index contributed by atoms with van der Waals surface area (Å²) < 4.78 is 13.1. The Labute approximate surface area is 140 Å². The Bertz CT molecular complexity index is 662. The zero-order valence-corrected chi connectivity index (χ0v) is 14.1. The van der Waals surface area contributed by atoms with Gasteiger partial charge in [-0.15, -0.1) is 0 Å². The van der Waals surface area contributed by atoms with Gasteiger partial charge in [0, 0.05) is 5.69 Å². The fraction of sp³-hybridized carbons (Fsp3) is 0.471. The van der Waals surface area contributed by atoms with E-state index in [1.54, 1.807) is 6.92 Å². The van der Waals surface area contributed by atoms with Crippen molar-refractivity contribution in [3.63, 3.8) is 0 Å². The molecule has 0 bridgehead atoms. The van der Waals surface area contributed by atoms with Crippen molar-refractivity contribution in [1.29, 1.82) is 0 Å². The minimum atomic E-state index is -0.986. The van der Waals surface area contributed by atoms with Crippen molar-refractivity contribution in [3.05, 3.63) is 30.1 Å². The first-order chi connectivity index (χ1) is 11.2. The van der Waals surface area contributed by atoms with Gasteiger partial charge in [0.15, 0.2) is 0 Å². The van der Waals surface area contributed by atoms with E-state index in [1.165, 1.54) is 18.2 Å². The van der Waals surface area contributed by atoms with Crippen LogP contribution in [0.3, 0.4) is 0 Å². The van der Waals surface area contributed by atoms with Crippen LogP contribution in [-0.4, -0.2) is 34.8 Å². The van der Waals surface area contributed by atoms with Crippen LogP contribution < -0.4 is 10.6 Å². The molecule has 1 atom stereocenters. The number of hydrogen-bond donors (Lipinski definition) is 2. The molecular weight excluding hydrogens is 313 g/mol. The highest BCUT2D eigenvalue weighted by molar-refractivity contribution is 6.09. The Balaban J connectivity index is 2.00. The van der Waals surface area contributed by atoms with Gasteiger partial charge in [-0.2, -0.15) is 0 Å². The summed E-state index contributed by atoms with van der Waals surface area (Å²) in [5.74, 6) is -1.05. The van der Waals surface area contributed by atoms with E-state index in [9.17, 15) is 18.8 Å². The van der Waals surface area contributed by atoms with E-state index in [0.717, 1.165) is 17.4 Å². The van der Waals surface area contributed by atoms with Crippen molar-refractivity contribution in [2.45, 2.75) is 39.2 Å². The lowest BCUT2D eigenvalue weighted by Crippen LogP contribution is -2.44. The van der Waals surface area contributed by atoms with Gasteiger partial charge in [0.2, 0.25) is 5.91 Å². The number of carbonyl (C=O) groups excluding carboxylic acids is 3. The van der Waals surface area contributed by atoms with Crippen LogP contribution in [0.5, 0.6) is 0 Å². The summed E-state index contributed by atoms with van der Waals surface area (Å²) in [7, 11) is 0. The molecule has 1 aromatic rings. The van der Waals surface area contributed by atoms with Crippen molar-refractivity contribution < 1.29 is 18.8 Å². The molecule has 7 heteroatoms. The third-order valence-electron chi connectivity index (χ3n) is 3.98. The normalized spacial score (nSPS) is 20.5. The summed E-state index contributed by atoms with van der Waals surface area (Å²) in [5.41, 5.74) is -0.713. The minimum Gasteiger partial charge on any atom is -0.324 e. The first-order valence-electron chi connectivity index (χ1n) is 7.91. The van der Waals surface area contributed by atoms with Crippen molar-refractivity contribution in [2.75, 3.05) is 11.9 Å². The summed E-state index contributed by atoms with van der Waals surface area (Å²) in [6.07, 6.45) is 1.29. The van der Waals surface area contributed by atoms with E-state index in [1.807, 2.05) is 13.8 Å². The monoisotopic (exact) mass is 335 g/mol. The molecule has 6 nitrogen and oxygen atoms in total. The number of nitrogens with one attached hydrogen (secondary N) is 2. The average Bonchev–Trinajstić information content (AvgIpc) is 2.69. The van der Waals surface area contributed by atoms with Crippen molar-refractivity contribution in [2.24, 2.45) is 5.92 Å². The van der Waals surface area contributed by atoms with Gasteiger partial charge in [0.05, 0.1) is 0 Å². The third-order valence-corrected chi connectivity index (χ3v) is 3.98. The quantitative estimate of drug-likeness (QED) is 0.784. The van der Waals surface area contributed by atoms with Crippen molar-refractivity contribution >= 4 is 23.5 Å². The molecular formula is C17H22FN3O3. The molecule has 0 aromatic heterocycles. The van der Waals surface area contributed by atoms with Crippen molar-refractivity contribution in [1.82, 2.24) is 10.2 Å². The highest BCUT2D eigenvalue weighted by Gasteiger charge is 2.47. The molecule has 130 valence electrons. The number of nitrogens with zero attached hydrogens (tertiary/aromatic N) is 1. The molecule has 2 rings (SSSR count). The summed E-state index contributed by atoms with van der Waals surface area (Å²) >= 11 is 0. The molecule has 0 spiro atoms. The van der Waals surface area contributed by atoms with Crippen LogP contribution in [0.2, 0.25) is 0 Å². The van der Waals surface area contributed by atoms with Crippen LogP contribution in [0.25, 0.3) is 0 Å². The van der Waals surface area contributed by atoms with Gasteiger partial charge in [-0.05, 0) is 43.9 Å². The summed E-state index contributed by atoms with van der Waals surface area (Å²) in [6, 6.07) is 4.83. The predicted octanol–water partition coefficient (Wildman–Crippen LogP) is 2.51. The van der Waals surface area contributed by atoms with E-state index in [0.29, 0.717) is 12.3 Å². The van der Waals surface area contributed by atoms with Crippen LogP contribution in [0.15, 0.2) is 24.3 Å². The van der Waals surface area contributed by atoms with Gasteiger partial charge in [-0.1, -0.05) is 19.9 Å². The van der Waals surface area contributed by atoms with Gasteiger partial charge in [-0.25, -0.2) is 9.18 Å². The molecule has 1 heterocycles. The van der Waals surface area contributed by atoms with Gasteiger partial charge in [-0.3, -0.25) is 14.5 Å². The second-order valence-corrected chi connectivity index (χ2v) is 6.64. The number of imide groups is 1. The maximum Gasteiger partial charge on any atom is 0.325 e. The lowest BCUT2D eigenvalue weighted by molar-refractivity contribution is -0.133. The standard InChI is InChI=1S/C17H22FN3O3/c1-11(2)7-8-17(3)15(23)21(16(24)20-17)10-14(22)19-13-6-4-5-12(18)9-13/h4-6,9,11H,7-8,10H2,1-3H3,(H,19,22)(H,20,24)/t17-/m0/s1. The molecule has 1 fully saturated rings. The van der Waals surface area contributed by atoms with Crippen LogP contribution in [0, 0.1) is 11.7 Å².